The zero-order valence-corrected chi connectivity index (χ0v) is 20.0. The molecule has 4 aliphatic carbocycles. The Kier molecular flexibility index (Phi) is 5.92. The largest absolute Gasteiger partial charge is 0.387 e. The lowest BCUT2D eigenvalue weighted by atomic mass is 9.46. The second kappa shape index (κ2) is 7.77. The van der Waals surface area contributed by atoms with E-state index in [1.807, 2.05) is 6.92 Å². The molecule has 9 atom stereocenters. The van der Waals surface area contributed by atoms with Crippen LogP contribution in [0.25, 0.3) is 0 Å². The van der Waals surface area contributed by atoms with Gasteiger partial charge in [-0.25, -0.2) is 8.78 Å². The standard InChI is InChI=1S/C26H42F2O3/c1-16(22(29)25(4,27)28)19-8-9-20-18-7-6-17-14-26(30,15-31-5)13-12-23(17,2)21(18)10-11-24(19,20)3/h6,16,18-22,29-30H,7-15H2,1-5H3/t16-,18-,19+,20-,21-,22+,23-,24+,26-/m0/s1. The molecule has 3 saturated carbocycles. The number of fused-ring (bicyclic) bond motifs is 5. The van der Waals surface area contributed by atoms with Crippen molar-refractivity contribution < 1.29 is 23.7 Å². The molecule has 3 fully saturated rings. The molecule has 0 spiro atoms. The van der Waals surface area contributed by atoms with Gasteiger partial charge in [0.05, 0.1) is 12.2 Å². The minimum absolute atomic E-state index is 0.0277. The second-order valence-corrected chi connectivity index (χ2v) is 12.1. The Morgan fingerprint density at radius 1 is 1.16 bits per heavy atom. The van der Waals surface area contributed by atoms with E-state index in [9.17, 15) is 19.0 Å². The van der Waals surface area contributed by atoms with E-state index in [1.165, 1.54) is 5.57 Å². The quantitative estimate of drug-likeness (QED) is 0.548. The SMILES string of the molecule is COC[C@]1(O)CC[C@@]2(C)C(=CC[C@H]3[C@@H]4CC[C@H]([C@H](C)[C@@H](O)C(C)(F)F)[C@@]4(C)CC[C@@H]32)C1. The van der Waals surface area contributed by atoms with E-state index >= 15 is 0 Å². The Bertz CT molecular complexity index is 718. The van der Waals surface area contributed by atoms with Gasteiger partial charge in [-0.15, -0.1) is 0 Å². The van der Waals surface area contributed by atoms with E-state index in [1.54, 1.807) is 7.11 Å². The van der Waals surface area contributed by atoms with E-state index in [2.05, 4.69) is 19.9 Å². The van der Waals surface area contributed by atoms with Crippen molar-refractivity contribution in [2.75, 3.05) is 13.7 Å². The van der Waals surface area contributed by atoms with E-state index in [0.29, 0.717) is 30.8 Å². The number of alkyl halides is 2. The summed E-state index contributed by atoms with van der Waals surface area (Å²) in [5.74, 6) is -1.58. The van der Waals surface area contributed by atoms with Crippen LogP contribution in [0.5, 0.6) is 0 Å². The highest BCUT2D eigenvalue weighted by Gasteiger charge is 2.61. The Morgan fingerprint density at radius 3 is 2.52 bits per heavy atom. The van der Waals surface area contributed by atoms with Crippen LogP contribution in [-0.4, -0.2) is 41.6 Å². The molecule has 178 valence electrons. The van der Waals surface area contributed by atoms with E-state index in [0.717, 1.165) is 51.9 Å². The van der Waals surface area contributed by atoms with Gasteiger partial charge >= 0.3 is 0 Å². The first kappa shape index (κ1) is 23.6. The number of methoxy groups -OCH3 is 1. The van der Waals surface area contributed by atoms with Gasteiger partial charge in [-0.3, -0.25) is 0 Å². The lowest BCUT2D eigenvalue weighted by molar-refractivity contribution is -0.141. The highest BCUT2D eigenvalue weighted by atomic mass is 19.3. The molecule has 0 aliphatic heterocycles. The first-order chi connectivity index (χ1) is 14.4. The fraction of sp³-hybridized carbons (Fsp3) is 0.923. The minimum Gasteiger partial charge on any atom is -0.387 e. The summed E-state index contributed by atoms with van der Waals surface area (Å²) in [6.07, 6.45) is 8.54. The van der Waals surface area contributed by atoms with Gasteiger partial charge < -0.3 is 14.9 Å². The lowest BCUT2D eigenvalue weighted by Gasteiger charge is -2.59. The van der Waals surface area contributed by atoms with Crippen molar-refractivity contribution in [1.29, 1.82) is 0 Å². The highest BCUT2D eigenvalue weighted by molar-refractivity contribution is 5.27. The molecule has 0 saturated heterocycles. The van der Waals surface area contributed by atoms with Crippen LogP contribution in [0.4, 0.5) is 8.78 Å². The molecule has 0 aromatic rings. The number of halogens is 2. The average Bonchev–Trinajstić information content (AvgIpc) is 3.04. The summed E-state index contributed by atoms with van der Waals surface area (Å²) in [5.41, 5.74) is 0.821. The van der Waals surface area contributed by atoms with Crippen molar-refractivity contribution in [3.63, 3.8) is 0 Å². The van der Waals surface area contributed by atoms with Crippen LogP contribution in [0.15, 0.2) is 11.6 Å². The molecule has 0 unspecified atom stereocenters. The normalized spacial score (nSPS) is 47.1. The zero-order chi connectivity index (χ0) is 22.8. The fourth-order valence-electron chi connectivity index (χ4n) is 8.69. The molecule has 5 heteroatoms. The van der Waals surface area contributed by atoms with Gasteiger partial charge in [-0.1, -0.05) is 32.4 Å². The minimum atomic E-state index is -3.05. The molecule has 2 N–H and O–H groups in total. The molecular weight excluding hydrogens is 398 g/mol. The number of aliphatic hydroxyl groups is 2. The van der Waals surface area contributed by atoms with Crippen molar-refractivity contribution in [2.24, 2.45) is 40.4 Å². The summed E-state index contributed by atoms with van der Waals surface area (Å²) in [6.45, 7) is 7.80. The van der Waals surface area contributed by atoms with Gasteiger partial charge in [0.1, 0.15) is 6.10 Å². The topological polar surface area (TPSA) is 49.7 Å². The number of aliphatic hydroxyl groups excluding tert-OH is 1. The molecule has 0 amide bonds. The first-order valence-corrected chi connectivity index (χ1v) is 12.3. The number of allylic oxidation sites excluding steroid dienone is 1. The van der Waals surface area contributed by atoms with Crippen LogP contribution >= 0.6 is 0 Å². The van der Waals surface area contributed by atoms with Crippen molar-refractivity contribution in [3.05, 3.63) is 11.6 Å². The maximum atomic E-state index is 13.9. The Hall–Kier alpha value is -0.520. The van der Waals surface area contributed by atoms with Gasteiger partial charge in [-0.2, -0.15) is 0 Å². The van der Waals surface area contributed by atoms with Crippen molar-refractivity contribution in [1.82, 2.24) is 0 Å². The Morgan fingerprint density at radius 2 is 1.87 bits per heavy atom. The summed E-state index contributed by atoms with van der Waals surface area (Å²) in [6, 6.07) is 0. The number of hydrogen-bond donors (Lipinski definition) is 2. The molecule has 31 heavy (non-hydrogen) atoms. The number of ether oxygens (including phenoxy) is 1. The van der Waals surface area contributed by atoms with Gasteiger partial charge in [0.15, 0.2) is 0 Å². The number of rotatable bonds is 5. The van der Waals surface area contributed by atoms with E-state index in [4.69, 9.17) is 4.74 Å². The van der Waals surface area contributed by atoms with Gasteiger partial charge in [0, 0.05) is 14.0 Å². The molecule has 4 aliphatic rings. The van der Waals surface area contributed by atoms with Crippen LogP contribution < -0.4 is 0 Å². The maximum Gasteiger partial charge on any atom is 0.270 e. The summed E-state index contributed by atoms with van der Waals surface area (Å²) in [5, 5.41) is 21.3. The lowest BCUT2D eigenvalue weighted by Crippen LogP contribution is -2.53. The number of hydrogen-bond acceptors (Lipinski definition) is 3. The fourth-order valence-corrected chi connectivity index (χ4v) is 8.69. The van der Waals surface area contributed by atoms with Crippen molar-refractivity contribution >= 4 is 0 Å². The van der Waals surface area contributed by atoms with Crippen LogP contribution in [0.2, 0.25) is 0 Å². The van der Waals surface area contributed by atoms with Gasteiger partial charge in [0.2, 0.25) is 0 Å². The maximum absolute atomic E-state index is 13.9. The third-order valence-electron chi connectivity index (χ3n) is 10.4. The summed E-state index contributed by atoms with van der Waals surface area (Å²) in [7, 11) is 1.65. The predicted molar refractivity (Wildman–Crippen MR) is 118 cm³/mol. The molecule has 3 nitrogen and oxygen atoms in total. The van der Waals surface area contributed by atoms with Crippen LogP contribution in [-0.2, 0) is 4.74 Å². The van der Waals surface area contributed by atoms with Crippen molar-refractivity contribution in [2.45, 2.75) is 96.7 Å². The van der Waals surface area contributed by atoms with Crippen LogP contribution in [0.3, 0.4) is 0 Å². The average molecular weight is 441 g/mol. The molecule has 0 aromatic heterocycles. The van der Waals surface area contributed by atoms with E-state index < -0.39 is 23.5 Å². The highest BCUT2D eigenvalue weighted by Crippen LogP contribution is 2.67. The van der Waals surface area contributed by atoms with E-state index in [-0.39, 0.29) is 16.7 Å². The molecule has 4 rings (SSSR count). The van der Waals surface area contributed by atoms with Gasteiger partial charge in [-0.05, 0) is 91.8 Å². The third-order valence-corrected chi connectivity index (χ3v) is 10.4. The second-order valence-electron chi connectivity index (χ2n) is 12.1. The molecule has 0 bridgehead atoms. The third kappa shape index (κ3) is 3.71. The van der Waals surface area contributed by atoms with Gasteiger partial charge in [0.25, 0.3) is 5.92 Å². The van der Waals surface area contributed by atoms with Crippen LogP contribution in [0, 0.1) is 40.4 Å². The zero-order valence-electron chi connectivity index (χ0n) is 20.0. The predicted octanol–water partition coefficient (Wildman–Crippen LogP) is 5.60. The van der Waals surface area contributed by atoms with Crippen LogP contribution in [0.1, 0.15) is 79.1 Å². The summed E-state index contributed by atoms with van der Waals surface area (Å²) in [4.78, 5) is 0. The summed E-state index contributed by atoms with van der Waals surface area (Å²) >= 11 is 0. The molecule has 0 aromatic carbocycles. The molecule has 0 radical (unpaired) electrons. The summed E-state index contributed by atoms with van der Waals surface area (Å²) < 4.78 is 33.1. The Labute approximate surface area is 186 Å². The Balaban J connectivity index is 1.57. The first-order valence-electron chi connectivity index (χ1n) is 12.3. The monoisotopic (exact) mass is 440 g/mol. The molecular formula is C26H42F2O3. The molecule has 0 heterocycles. The smallest absolute Gasteiger partial charge is 0.270 e. The van der Waals surface area contributed by atoms with Crippen molar-refractivity contribution in [3.8, 4) is 0 Å².